The largest absolute Gasteiger partial charge is 0.368 e. The van der Waals surface area contributed by atoms with E-state index in [0.717, 1.165) is 6.42 Å². The van der Waals surface area contributed by atoms with E-state index in [1.165, 1.54) is 0 Å². The van der Waals surface area contributed by atoms with E-state index in [4.69, 9.17) is 9.26 Å². The molecular weight excluding hydrogens is 312 g/mol. The van der Waals surface area contributed by atoms with Crippen molar-refractivity contribution in [1.29, 1.82) is 0 Å². The molecule has 128 valence electrons. The number of nitrogens with zero attached hydrogens (tertiary/aromatic N) is 2. The first kappa shape index (κ1) is 16.4. The number of aromatic nitrogens is 2. The summed E-state index contributed by atoms with van der Waals surface area (Å²) in [5, 5.41) is 4.42. The molecule has 1 aliphatic rings. The van der Waals surface area contributed by atoms with Gasteiger partial charge in [-0.25, -0.2) is 4.98 Å². The van der Waals surface area contributed by atoms with Crippen LogP contribution in [0.25, 0.3) is 11.1 Å². The van der Waals surface area contributed by atoms with Crippen molar-refractivity contribution in [3.63, 3.8) is 0 Å². The lowest BCUT2D eigenvalue weighted by Crippen LogP contribution is -2.46. The lowest BCUT2D eigenvalue weighted by molar-refractivity contribution is -0.130. The van der Waals surface area contributed by atoms with Crippen LogP contribution in [-0.2, 0) is 9.53 Å². The molecule has 0 aliphatic carbocycles. The number of carbonyl (C=O) groups excluding carboxylic acids is 2. The number of pyridine rings is 1. The van der Waals surface area contributed by atoms with E-state index in [9.17, 15) is 9.59 Å². The molecule has 1 unspecified atom stereocenters. The van der Waals surface area contributed by atoms with E-state index in [1.807, 2.05) is 13.8 Å². The molecule has 2 aromatic rings. The van der Waals surface area contributed by atoms with Crippen molar-refractivity contribution in [3.05, 3.63) is 23.0 Å². The van der Waals surface area contributed by atoms with Crippen LogP contribution in [0.2, 0.25) is 0 Å². The van der Waals surface area contributed by atoms with E-state index >= 15 is 0 Å². The molecule has 0 radical (unpaired) electrons. The first-order valence-corrected chi connectivity index (χ1v) is 7.96. The van der Waals surface area contributed by atoms with Crippen LogP contribution in [0.4, 0.5) is 0 Å². The minimum atomic E-state index is -0.508. The van der Waals surface area contributed by atoms with Crippen molar-refractivity contribution in [2.24, 2.45) is 0 Å². The average Bonchev–Trinajstić information content (AvgIpc) is 3.21. The first-order valence-electron chi connectivity index (χ1n) is 7.96. The van der Waals surface area contributed by atoms with Gasteiger partial charge in [0.2, 0.25) is 0 Å². The summed E-state index contributed by atoms with van der Waals surface area (Å²) in [6.07, 6.45) is 0.990. The number of rotatable bonds is 3. The van der Waals surface area contributed by atoms with Gasteiger partial charge in [0.25, 0.3) is 17.5 Å². The Kier molecular flexibility index (Phi) is 4.48. The average molecular weight is 332 g/mol. The molecule has 3 rings (SSSR count). The molecule has 1 aliphatic heterocycles. The standard InChI is InChI=1S/C16H20N4O4/c1-8(2)11-7-10(13-9(3)20-24-16(13)17-11)14(21)18-19-15(22)12-5-4-6-23-12/h7-8,12H,4-6H2,1-3H3,(H,18,21)(H,19,22). The third-order valence-electron chi connectivity index (χ3n) is 3.99. The summed E-state index contributed by atoms with van der Waals surface area (Å²) in [4.78, 5) is 28.9. The number of amides is 2. The highest BCUT2D eigenvalue weighted by atomic mass is 16.5. The van der Waals surface area contributed by atoms with Gasteiger partial charge in [-0.05, 0) is 31.7 Å². The van der Waals surface area contributed by atoms with Crippen molar-refractivity contribution < 1.29 is 18.8 Å². The summed E-state index contributed by atoms with van der Waals surface area (Å²) in [6, 6.07) is 1.70. The predicted molar refractivity (Wildman–Crippen MR) is 85.2 cm³/mol. The van der Waals surface area contributed by atoms with Crippen LogP contribution < -0.4 is 10.9 Å². The zero-order valence-corrected chi connectivity index (χ0v) is 13.9. The molecule has 2 aromatic heterocycles. The van der Waals surface area contributed by atoms with Gasteiger partial charge in [0.15, 0.2) is 0 Å². The van der Waals surface area contributed by atoms with Crippen LogP contribution in [0.15, 0.2) is 10.6 Å². The summed E-state index contributed by atoms with van der Waals surface area (Å²) >= 11 is 0. The Balaban J connectivity index is 1.83. The summed E-state index contributed by atoms with van der Waals surface area (Å²) in [7, 11) is 0. The van der Waals surface area contributed by atoms with Gasteiger partial charge >= 0.3 is 0 Å². The molecule has 1 fully saturated rings. The Bertz CT molecular complexity index is 778. The number of hydrazine groups is 1. The fourth-order valence-corrected chi connectivity index (χ4v) is 2.64. The fourth-order valence-electron chi connectivity index (χ4n) is 2.64. The minimum Gasteiger partial charge on any atom is -0.368 e. The Hall–Kier alpha value is -2.48. The van der Waals surface area contributed by atoms with Gasteiger partial charge in [0.1, 0.15) is 6.10 Å². The molecular formula is C16H20N4O4. The zero-order valence-electron chi connectivity index (χ0n) is 13.9. The SMILES string of the molecule is Cc1noc2nc(C(C)C)cc(C(=O)NNC(=O)C3CCCO3)c12. The van der Waals surface area contributed by atoms with E-state index in [-0.39, 0.29) is 11.8 Å². The molecule has 0 spiro atoms. The first-order chi connectivity index (χ1) is 11.5. The smallest absolute Gasteiger partial charge is 0.270 e. The Morgan fingerprint density at radius 1 is 1.33 bits per heavy atom. The summed E-state index contributed by atoms with van der Waals surface area (Å²) < 4.78 is 10.5. The number of ether oxygens (including phenoxy) is 1. The lowest BCUT2D eigenvalue weighted by Gasteiger charge is -2.12. The van der Waals surface area contributed by atoms with Crippen molar-refractivity contribution in [2.75, 3.05) is 6.61 Å². The quantitative estimate of drug-likeness (QED) is 0.827. The second kappa shape index (κ2) is 6.56. The maximum Gasteiger partial charge on any atom is 0.270 e. The molecule has 0 aromatic carbocycles. The Morgan fingerprint density at radius 3 is 2.79 bits per heavy atom. The van der Waals surface area contributed by atoms with Gasteiger partial charge < -0.3 is 9.26 Å². The van der Waals surface area contributed by atoms with E-state index in [0.29, 0.717) is 41.1 Å². The van der Waals surface area contributed by atoms with Gasteiger partial charge in [-0.3, -0.25) is 20.4 Å². The monoisotopic (exact) mass is 332 g/mol. The number of carbonyl (C=O) groups is 2. The molecule has 1 atom stereocenters. The Morgan fingerprint density at radius 2 is 2.12 bits per heavy atom. The van der Waals surface area contributed by atoms with E-state index in [1.54, 1.807) is 13.0 Å². The van der Waals surface area contributed by atoms with Crippen molar-refractivity contribution in [2.45, 2.75) is 45.6 Å². The van der Waals surface area contributed by atoms with Crippen molar-refractivity contribution in [1.82, 2.24) is 21.0 Å². The third kappa shape index (κ3) is 3.09. The van der Waals surface area contributed by atoms with E-state index < -0.39 is 12.0 Å². The summed E-state index contributed by atoms with van der Waals surface area (Å²) in [6.45, 7) is 6.25. The molecule has 0 saturated carbocycles. The molecule has 1 saturated heterocycles. The third-order valence-corrected chi connectivity index (χ3v) is 3.99. The molecule has 2 amide bonds. The van der Waals surface area contributed by atoms with Crippen LogP contribution in [0.5, 0.6) is 0 Å². The second-order valence-corrected chi connectivity index (χ2v) is 6.14. The van der Waals surface area contributed by atoms with Gasteiger partial charge in [-0.2, -0.15) is 0 Å². The molecule has 24 heavy (non-hydrogen) atoms. The van der Waals surface area contributed by atoms with Crippen molar-refractivity contribution in [3.8, 4) is 0 Å². The van der Waals surface area contributed by atoms with Crippen molar-refractivity contribution >= 4 is 22.9 Å². The number of aryl methyl sites for hydroxylation is 1. The number of hydrogen-bond acceptors (Lipinski definition) is 6. The van der Waals surface area contributed by atoms with Crippen LogP contribution in [0.1, 0.15) is 54.4 Å². The van der Waals surface area contributed by atoms with Gasteiger partial charge in [0.05, 0.1) is 16.6 Å². The van der Waals surface area contributed by atoms with Gasteiger partial charge in [-0.1, -0.05) is 19.0 Å². The highest BCUT2D eigenvalue weighted by molar-refractivity contribution is 6.06. The molecule has 8 heteroatoms. The maximum absolute atomic E-state index is 12.5. The maximum atomic E-state index is 12.5. The molecule has 3 heterocycles. The highest BCUT2D eigenvalue weighted by Gasteiger charge is 2.25. The van der Waals surface area contributed by atoms with Crippen LogP contribution >= 0.6 is 0 Å². The molecule has 0 bridgehead atoms. The number of nitrogens with one attached hydrogen (secondary N) is 2. The fraction of sp³-hybridized carbons (Fsp3) is 0.500. The number of hydrogen-bond donors (Lipinski definition) is 2. The Labute approximate surface area is 138 Å². The normalized spacial score (nSPS) is 17.4. The topological polar surface area (TPSA) is 106 Å². The lowest BCUT2D eigenvalue weighted by atomic mass is 10.0. The summed E-state index contributed by atoms with van der Waals surface area (Å²) in [5.74, 6) is -0.674. The second-order valence-electron chi connectivity index (χ2n) is 6.14. The highest BCUT2D eigenvalue weighted by Crippen LogP contribution is 2.24. The summed E-state index contributed by atoms with van der Waals surface area (Å²) in [5.41, 5.74) is 6.82. The molecule has 8 nitrogen and oxygen atoms in total. The number of fused-ring (bicyclic) bond motifs is 1. The van der Waals surface area contributed by atoms with Crippen LogP contribution in [0.3, 0.4) is 0 Å². The van der Waals surface area contributed by atoms with Gasteiger partial charge in [0, 0.05) is 12.3 Å². The van der Waals surface area contributed by atoms with Crippen LogP contribution in [-0.4, -0.2) is 34.7 Å². The molecule has 2 N–H and O–H groups in total. The van der Waals surface area contributed by atoms with E-state index in [2.05, 4.69) is 21.0 Å². The minimum absolute atomic E-state index is 0.118. The van der Waals surface area contributed by atoms with Crippen LogP contribution in [0, 0.1) is 6.92 Å². The predicted octanol–water partition coefficient (Wildman–Crippen LogP) is 1.59. The van der Waals surface area contributed by atoms with Gasteiger partial charge in [-0.15, -0.1) is 0 Å². The zero-order chi connectivity index (χ0) is 17.3.